The second kappa shape index (κ2) is 4.63. The van der Waals surface area contributed by atoms with E-state index in [4.69, 9.17) is 0 Å². The summed E-state index contributed by atoms with van der Waals surface area (Å²) in [7, 11) is 0. The summed E-state index contributed by atoms with van der Waals surface area (Å²) in [6, 6.07) is 9.46. The van der Waals surface area contributed by atoms with Crippen LogP contribution in [0.5, 0.6) is 0 Å². The van der Waals surface area contributed by atoms with E-state index in [1.54, 1.807) is 0 Å². The van der Waals surface area contributed by atoms with Gasteiger partial charge in [0.25, 0.3) is 0 Å². The van der Waals surface area contributed by atoms with Gasteiger partial charge in [0.05, 0.1) is 0 Å². The summed E-state index contributed by atoms with van der Waals surface area (Å²) in [5.74, 6) is 0. The van der Waals surface area contributed by atoms with Crippen LogP contribution in [-0.4, -0.2) is 17.5 Å². The van der Waals surface area contributed by atoms with E-state index in [1.807, 2.05) is 6.08 Å². The zero-order valence-corrected chi connectivity index (χ0v) is 9.45. The van der Waals surface area contributed by atoms with Crippen LogP contribution in [0.25, 0.3) is 6.08 Å². The molecule has 0 N–H and O–H groups in total. The maximum absolute atomic E-state index is 3.77. The molecule has 0 spiro atoms. The lowest BCUT2D eigenvalue weighted by molar-refractivity contribution is 0.260. The molecule has 1 unspecified atom stereocenters. The lowest BCUT2D eigenvalue weighted by atomic mass is 10.1. The van der Waals surface area contributed by atoms with Gasteiger partial charge < -0.3 is 0 Å². The largest absolute Gasteiger partial charge is 0.296 e. The Bertz CT molecular complexity index is 326. The van der Waals surface area contributed by atoms with Crippen LogP contribution in [0.15, 0.2) is 30.8 Å². The van der Waals surface area contributed by atoms with Crippen LogP contribution in [0.3, 0.4) is 0 Å². The fraction of sp³-hybridized carbons (Fsp3) is 0.429. The van der Waals surface area contributed by atoms with Crippen molar-refractivity contribution in [1.82, 2.24) is 4.90 Å². The third-order valence-electron chi connectivity index (χ3n) is 3.29. The van der Waals surface area contributed by atoms with Crippen molar-refractivity contribution in [3.63, 3.8) is 0 Å². The number of nitrogens with zero attached hydrogens (tertiary/aromatic N) is 1. The van der Waals surface area contributed by atoms with Crippen LogP contribution in [0.2, 0.25) is 0 Å². The van der Waals surface area contributed by atoms with E-state index in [0.29, 0.717) is 0 Å². The Morgan fingerprint density at radius 3 is 2.67 bits per heavy atom. The first kappa shape index (κ1) is 10.4. The van der Waals surface area contributed by atoms with Gasteiger partial charge in [0.15, 0.2) is 0 Å². The van der Waals surface area contributed by atoms with E-state index in [9.17, 15) is 0 Å². The Morgan fingerprint density at radius 1 is 1.40 bits per heavy atom. The van der Waals surface area contributed by atoms with Gasteiger partial charge in [0.2, 0.25) is 0 Å². The molecule has 0 amide bonds. The number of benzene rings is 1. The van der Waals surface area contributed by atoms with Crippen LogP contribution in [0.1, 0.15) is 30.9 Å². The molecule has 1 heterocycles. The molecule has 0 saturated carbocycles. The number of hydrogen-bond acceptors (Lipinski definition) is 1. The molecule has 1 fully saturated rings. The summed E-state index contributed by atoms with van der Waals surface area (Å²) < 4.78 is 0. The van der Waals surface area contributed by atoms with E-state index >= 15 is 0 Å². The number of rotatable bonds is 3. The zero-order valence-electron chi connectivity index (χ0n) is 9.45. The molecule has 80 valence electrons. The van der Waals surface area contributed by atoms with Gasteiger partial charge in [-0.15, -0.1) is 0 Å². The lowest BCUT2D eigenvalue weighted by Gasteiger charge is -2.20. The summed E-state index contributed by atoms with van der Waals surface area (Å²) in [5.41, 5.74) is 2.61. The van der Waals surface area contributed by atoms with Crippen molar-refractivity contribution in [2.24, 2.45) is 0 Å². The van der Waals surface area contributed by atoms with Gasteiger partial charge >= 0.3 is 0 Å². The van der Waals surface area contributed by atoms with E-state index in [0.717, 1.165) is 12.6 Å². The highest BCUT2D eigenvalue weighted by atomic mass is 15.2. The highest BCUT2D eigenvalue weighted by Gasteiger charge is 2.19. The third kappa shape index (κ3) is 2.48. The summed E-state index contributed by atoms with van der Waals surface area (Å²) >= 11 is 0. The van der Waals surface area contributed by atoms with Gasteiger partial charge in [-0.1, -0.05) is 36.9 Å². The maximum Gasteiger partial charge on any atom is 0.0236 e. The molecule has 0 bridgehead atoms. The van der Waals surface area contributed by atoms with Crippen LogP contribution >= 0.6 is 0 Å². The fourth-order valence-corrected chi connectivity index (χ4v) is 2.22. The van der Waals surface area contributed by atoms with E-state index in [2.05, 4.69) is 42.7 Å². The van der Waals surface area contributed by atoms with Crippen LogP contribution in [-0.2, 0) is 6.54 Å². The Hall–Kier alpha value is -1.08. The molecule has 1 saturated heterocycles. The van der Waals surface area contributed by atoms with Gasteiger partial charge in [-0.05, 0) is 37.4 Å². The minimum Gasteiger partial charge on any atom is -0.296 e. The average molecular weight is 201 g/mol. The molecular weight excluding hydrogens is 182 g/mol. The van der Waals surface area contributed by atoms with Crippen molar-refractivity contribution in [3.8, 4) is 0 Å². The minimum atomic E-state index is 0.754. The monoisotopic (exact) mass is 201 g/mol. The Morgan fingerprint density at radius 2 is 2.13 bits per heavy atom. The second-order valence-corrected chi connectivity index (χ2v) is 4.41. The standard InChI is InChI=1S/C14H19N/c1-3-13-6-8-14(9-7-13)11-15-10-4-5-12(15)2/h3,6-9,12H,1,4-5,10-11H2,2H3. The van der Waals surface area contributed by atoms with Crippen LogP contribution < -0.4 is 0 Å². The summed E-state index contributed by atoms with van der Waals surface area (Å²) in [6.45, 7) is 8.44. The molecule has 2 rings (SSSR count). The van der Waals surface area contributed by atoms with Gasteiger partial charge in [0, 0.05) is 12.6 Å². The molecule has 1 nitrogen and oxygen atoms in total. The molecule has 0 radical (unpaired) electrons. The number of hydrogen-bond donors (Lipinski definition) is 0. The Kier molecular flexibility index (Phi) is 3.22. The topological polar surface area (TPSA) is 3.24 Å². The van der Waals surface area contributed by atoms with E-state index in [-0.39, 0.29) is 0 Å². The molecule has 1 aliphatic rings. The molecule has 1 atom stereocenters. The van der Waals surface area contributed by atoms with Gasteiger partial charge in [0.1, 0.15) is 0 Å². The molecule has 1 aromatic carbocycles. The Labute approximate surface area is 92.4 Å². The summed E-state index contributed by atoms with van der Waals surface area (Å²) in [5, 5.41) is 0. The average Bonchev–Trinajstić information content (AvgIpc) is 2.66. The smallest absolute Gasteiger partial charge is 0.0236 e. The van der Waals surface area contributed by atoms with E-state index < -0.39 is 0 Å². The van der Waals surface area contributed by atoms with Crippen molar-refractivity contribution in [2.75, 3.05) is 6.54 Å². The van der Waals surface area contributed by atoms with Crippen molar-refractivity contribution < 1.29 is 0 Å². The van der Waals surface area contributed by atoms with Crippen molar-refractivity contribution in [2.45, 2.75) is 32.4 Å². The van der Waals surface area contributed by atoms with E-state index in [1.165, 1.54) is 30.5 Å². The van der Waals surface area contributed by atoms with Gasteiger partial charge in [-0.3, -0.25) is 4.90 Å². The van der Waals surface area contributed by atoms with Gasteiger partial charge in [-0.25, -0.2) is 0 Å². The fourth-order valence-electron chi connectivity index (χ4n) is 2.22. The van der Waals surface area contributed by atoms with Crippen molar-refractivity contribution in [1.29, 1.82) is 0 Å². The maximum atomic E-state index is 3.77. The number of likely N-dealkylation sites (tertiary alicyclic amines) is 1. The minimum absolute atomic E-state index is 0.754. The lowest BCUT2D eigenvalue weighted by Crippen LogP contribution is -2.26. The molecule has 1 aliphatic heterocycles. The predicted octanol–water partition coefficient (Wildman–Crippen LogP) is 3.31. The normalized spacial score (nSPS) is 21.8. The summed E-state index contributed by atoms with van der Waals surface area (Å²) in [4.78, 5) is 2.56. The summed E-state index contributed by atoms with van der Waals surface area (Å²) in [6.07, 6.45) is 4.60. The SMILES string of the molecule is C=Cc1ccc(CN2CCCC2C)cc1. The second-order valence-electron chi connectivity index (χ2n) is 4.41. The van der Waals surface area contributed by atoms with Crippen LogP contribution in [0, 0.1) is 0 Å². The molecule has 0 aromatic heterocycles. The quantitative estimate of drug-likeness (QED) is 0.725. The predicted molar refractivity (Wildman–Crippen MR) is 65.6 cm³/mol. The molecule has 1 heteroatoms. The highest BCUT2D eigenvalue weighted by Crippen LogP contribution is 2.19. The molecular formula is C14H19N. The third-order valence-corrected chi connectivity index (χ3v) is 3.29. The Balaban J connectivity index is 2.01. The first-order valence-electron chi connectivity index (χ1n) is 5.75. The van der Waals surface area contributed by atoms with Gasteiger partial charge in [-0.2, -0.15) is 0 Å². The first-order valence-corrected chi connectivity index (χ1v) is 5.75. The van der Waals surface area contributed by atoms with Crippen LogP contribution in [0.4, 0.5) is 0 Å². The van der Waals surface area contributed by atoms with Crippen molar-refractivity contribution in [3.05, 3.63) is 42.0 Å². The molecule has 1 aromatic rings. The molecule has 0 aliphatic carbocycles. The van der Waals surface area contributed by atoms with Crippen molar-refractivity contribution >= 4 is 6.08 Å². The highest BCUT2D eigenvalue weighted by molar-refractivity contribution is 5.47. The molecule has 15 heavy (non-hydrogen) atoms. The zero-order chi connectivity index (χ0) is 10.7. The first-order chi connectivity index (χ1) is 7.29.